The van der Waals surface area contributed by atoms with Crippen molar-refractivity contribution in [2.45, 2.75) is 22.3 Å². The fourth-order valence-electron chi connectivity index (χ4n) is 2.87. The van der Waals surface area contributed by atoms with Gasteiger partial charge in [0.1, 0.15) is 5.25 Å². The van der Waals surface area contributed by atoms with Gasteiger partial charge in [-0.15, -0.1) is 0 Å². The first-order valence-corrected chi connectivity index (χ1v) is 11.7. The van der Waals surface area contributed by atoms with Gasteiger partial charge in [0.25, 0.3) is 5.76 Å². The third-order valence-corrected chi connectivity index (χ3v) is 6.44. The molecule has 170 valence electrons. The second kappa shape index (κ2) is 11.6. The van der Waals surface area contributed by atoms with E-state index in [4.69, 9.17) is 16.3 Å². The van der Waals surface area contributed by atoms with E-state index in [1.54, 1.807) is 48.5 Å². The van der Waals surface area contributed by atoms with Gasteiger partial charge in [0.15, 0.2) is 5.17 Å². The molecule has 1 saturated heterocycles. The molecule has 1 heterocycles. The number of anilines is 1. The number of nitrogens with one attached hydrogen (secondary N) is 1. The number of carbonyl (C=O) groups excluding carboxylic acids is 2. The van der Waals surface area contributed by atoms with Crippen molar-refractivity contribution in [3.05, 3.63) is 53.6 Å². The molecule has 1 atom stereocenters. The molecule has 2 aromatic rings. The van der Waals surface area contributed by atoms with Crippen LogP contribution in [0.5, 0.6) is 0 Å². The molecule has 11 heteroatoms. The molecule has 1 fully saturated rings. The largest absolute Gasteiger partial charge is 0.383 e. The summed E-state index contributed by atoms with van der Waals surface area (Å²) < 4.78 is 30.1. The zero-order chi connectivity index (χ0) is 23.1. The number of carbonyl (C=O) groups is 2. The lowest BCUT2D eigenvalue weighted by Crippen LogP contribution is -2.35. The first kappa shape index (κ1) is 24.5. The number of hydrogen-bond donors (Lipinski definition) is 1. The van der Waals surface area contributed by atoms with Crippen molar-refractivity contribution in [1.82, 2.24) is 4.90 Å². The maximum atomic E-state index is 12.9. The molecule has 6 nitrogen and oxygen atoms in total. The minimum atomic E-state index is -2.50. The Labute approximate surface area is 197 Å². The number of rotatable bonds is 9. The van der Waals surface area contributed by atoms with Gasteiger partial charge in [-0.1, -0.05) is 41.2 Å². The molecule has 0 saturated carbocycles. The van der Waals surface area contributed by atoms with Crippen LogP contribution in [0.1, 0.15) is 6.42 Å². The highest BCUT2D eigenvalue weighted by molar-refractivity contribution is 8.15. The number of methoxy groups -OCH3 is 1. The molecule has 0 spiro atoms. The summed E-state index contributed by atoms with van der Waals surface area (Å²) in [6.45, 7) is 0.587. The number of ether oxygens (including phenoxy) is 1. The fourth-order valence-corrected chi connectivity index (χ4v) is 4.75. The van der Waals surface area contributed by atoms with Crippen molar-refractivity contribution in [2.24, 2.45) is 4.99 Å². The van der Waals surface area contributed by atoms with Gasteiger partial charge >= 0.3 is 0 Å². The molecule has 0 radical (unpaired) electrons. The second-order valence-corrected chi connectivity index (χ2v) is 9.29. The highest BCUT2D eigenvalue weighted by Crippen LogP contribution is 2.33. The van der Waals surface area contributed by atoms with Crippen LogP contribution >= 0.6 is 35.1 Å². The van der Waals surface area contributed by atoms with Gasteiger partial charge in [-0.2, -0.15) is 8.78 Å². The van der Waals surface area contributed by atoms with Crippen LogP contribution in [0.4, 0.5) is 20.2 Å². The Morgan fingerprint density at radius 1 is 1.31 bits per heavy atom. The third kappa shape index (κ3) is 6.93. The Balaban J connectivity index is 1.72. The van der Waals surface area contributed by atoms with Gasteiger partial charge in [-0.3, -0.25) is 14.5 Å². The number of amides is 2. The molecule has 0 aromatic heterocycles. The first-order valence-electron chi connectivity index (χ1n) is 9.51. The van der Waals surface area contributed by atoms with Crippen LogP contribution in [-0.4, -0.2) is 53.2 Å². The molecule has 1 unspecified atom stereocenters. The maximum Gasteiger partial charge on any atom is 0.288 e. The average Bonchev–Trinajstić information content (AvgIpc) is 3.01. The van der Waals surface area contributed by atoms with Crippen LogP contribution in [0.25, 0.3) is 0 Å². The summed E-state index contributed by atoms with van der Waals surface area (Å²) >= 11 is 7.58. The molecule has 2 aromatic carbocycles. The Morgan fingerprint density at radius 2 is 2.06 bits per heavy atom. The number of thioether (sulfide) groups is 2. The normalized spacial score (nSPS) is 17.4. The molecule has 0 aliphatic carbocycles. The molecular weight excluding hydrogens is 480 g/mol. The number of benzene rings is 2. The lowest BCUT2D eigenvalue weighted by molar-refractivity contribution is -0.128. The summed E-state index contributed by atoms with van der Waals surface area (Å²) in [6, 6.07) is 13.1. The summed E-state index contributed by atoms with van der Waals surface area (Å²) in [6.07, 6.45) is -0.0392. The number of alkyl halides is 2. The van der Waals surface area contributed by atoms with E-state index in [1.807, 2.05) is 0 Å². The summed E-state index contributed by atoms with van der Waals surface area (Å²) in [5, 5.41) is 3.02. The monoisotopic (exact) mass is 499 g/mol. The van der Waals surface area contributed by atoms with E-state index in [2.05, 4.69) is 10.3 Å². The summed E-state index contributed by atoms with van der Waals surface area (Å²) in [5.74, 6) is -3.06. The van der Waals surface area contributed by atoms with Crippen molar-refractivity contribution in [1.29, 1.82) is 0 Å². The summed E-state index contributed by atoms with van der Waals surface area (Å²) in [5.41, 5.74) is 1.06. The van der Waals surface area contributed by atoms with E-state index >= 15 is 0 Å². The zero-order valence-electron chi connectivity index (χ0n) is 17.0. The molecule has 1 N–H and O–H groups in total. The van der Waals surface area contributed by atoms with Crippen molar-refractivity contribution >= 4 is 63.5 Å². The lowest BCUT2D eigenvalue weighted by atomic mass is 10.2. The first-order chi connectivity index (χ1) is 15.4. The molecule has 2 amide bonds. The van der Waals surface area contributed by atoms with Gasteiger partial charge in [-0.05, 0) is 42.5 Å². The van der Waals surface area contributed by atoms with Crippen molar-refractivity contribution < 1.29 is 23.1 Å². The van der Waals surface area contributed by atoms with Crippen molar-refractivity contribution in [2.75, 3.05) is 25.6 Å². The Bertz CT molecular complexity index is 993. The number of aliphatic imine (C=N–C) groups is 1. The topological polar surface area (TPSA) is 71.0 Å². The van der Waals surface area contributed by atoms with Crippen LogP contribution in [0.15, 0.2) is 58.4 Å². The average molecular weight is 500 g/mol. The quantitative estimate of drug-likeness (QED) is 0.476. The van der Waals surface area contributed by atoms with E-state index in [0.29, 0.717) is 44.8 Å². The third-order valence-electron chi connectivity index (χ3n) is 4.30. The Morgan fingerprint density at radius 3 is 2.72 bits per heavy atom. The van der Waals surface area contributed by atoms with E-state index in [-0.39, 0.29) is 24.8 Å². The van der Waals surface area contributed by atoms with E-state index in [0.717, 1.165) is 0 Å². The minimum absolute atomic E-state index is 0.0392. The number of hydrogen-bond acceptors (Lipinski definition) is 6. The van der Waals surface area contributed by atoms with Gasteiger partial charge < -0.3 is 10.1 Å². The molecule has 1 aliphatic rings. The summed E-state index contributed by atoms with van der Waals surface area (Å²) in [7, 11) is 1.53. The number of nitrogens with zero attached hydrogens (tertiary/aromatic N) is 2. The van der Waals surface area contributed by atoms with E-state index in [1.165, 1.54) is 23.8 Å². The molecule has 3 rings (SSSR count). The highest BCUT2D eigenvalue weighted by Gasteiger charge is 2.39. The highest BCUT2D eigenvalue weighted by atomic mass is 35.5. The van der Waals surface area contributed by atoms with Crippen LogP contribution in [-0.2, 0) is 14.3 Å². The van der Waals surface area contributed by atoms with Gasteiger partial charge in [0, 0.05) is 29.1 Å². The number of amidine groups is 1. The fraction of sp³-hybridized carbons (Fsp3) is 0.286. The number of halogens is 3. The standard InChI is InChI=1S/C21H20ClF2N3O3S2/c1-30-10-9-27-19(29)17(12-18(28)25-15-4-2-3-13(22)11-15)32-21(27)26-14-5-7-16(8-6-14)31-20(23)24/h2-8,11,17,20H,9-10,12H2,1H3,(H,25,28). The molecule has 1 aliphatic heterocycles. The Hall–Kier alpha value is -2.14. The SMILES string of the molecule is COCCN1C(=O)C(CC(=O)Nc2cccc(Cl)c2)SC1=Nc1ccc(SC(F)F)cc1. The smallest absolute Gasteiger partial charge is 0.288 e. The van der Waals surface area contributed by atoms with Crippen molar-refractivity contribution in [3.63, 3.8) is 0 Å². The van der Waals surface area contributed by atoms with Crippen LogP contribution < -0.4 is 5.32 Å². The van der Waals surface area contributed by atoms with E-state index < -0.39 is 11.0 Å². The second-order valence-electron chi connectivity index (χ2n) is 6.62. The predicted octanol–water partition coefficient (Wildman–Crippen LogP) is 5.26. The van der Waals surface area contributed by atoms with Gasteiger partial charge in [-0.25, -0.2) is 4.99 Å². The predicted molar refractivity (Wildman–Crippen MR) is 125 cm³/mol. The maximum absolute atomic E-state index is 12.9. The molecule has 0 bridgehead atoms. The lowest BCUT2D eigenvalue weighted by Gasteiger charge is -2.15. The Kier molecular flexibility index (Phi) is 8.92. The molecule has 32 heavy (non-hydrogen) atoms. The van der Waals surface area contributed by atoms with Crippen LogP contribution in [0.2, 0.25) is 5.02 Å². The van der Waals surface area contributed by atoms with Gasteiger partial charge in [0.05, 0.1) is 18.8 Å². The van der Waals surface area contributed by atoms with Crippen LogP contribution in [0.3, 0.4) is 0 Å². The van der Waals surface area contributed by atoms with Crippen molar-refractivity contribution in [3.8, 4) is 0 Å². The molecular formula is C21H20ClF2N3O3S2. The minimum Gasteiger partial charge on any atom is -0.383 e. The summed E-state index contributed by atoms with van der Waals surface area (Å²) in [4.78, 5) is 31.8. The van der Waals surface area contributed by atoms with Gasteiger partial charge in [0.2, 0.25) is 11.8 Å². The van der Waals surface area contributed by atoms with E-state index in [9.17, 15) is 18.4 Å². The van der Waals surface area contributed by atoms with Crippen LogP contribution in [0, 0.1) is 0 Å². The zero-order valence-corrected chi connectivity index (χ0v) is 19.4.